The summed E-state index contributed by atoms with van der Waals surface area (Å²) in [7, 11) is 0. The number of aromatic hydroxyl groups is 1. The van der Waals surface area contributed by atoms with E-state index in [2.05, 4.69) is 38.7 Å². The van der Waals surface area contributed by atoms with E-state index >= 15 is 0 Å². The van der Waals surface area contributed by atoms with E-state index in [1.807, 2.05) is 12.1 Å². The van der Waals surface area contributed by atoms with Crippen LogP contribution < -0.4 is 5.73 Å². The summed E-state index contributed by atoms with van der Waals surface area (Å²) in [5.74, 6) is 1.49. The fourth-order valence-corrected chi connectivity index (χ4v) is 3.55. The average Bonchev–Trinajstić information content (AvgIpc) is 2.50. The van der Waals surface area contributed by atoms with E-state index < -0.39 is 0 Å². The standard InChI is InChI=1S/C19H32N2O/c1-5-14(2)18(20)13-21-10-9-19(4,15(3)12-21)16-7-6-8-17(22)11-16/h6-8,11,14-15,18,22H,5,9-10,12-13,20H2,1-4H3/t14-,15-,18+,19+/m0/s1. The van der Waals surface area contributed by atoms with Gasteiger partial charge < -0.3 is 15.7 Å². The molecule has 4 atom stereocenters. The lowest BCUT2D eigenvalue weighted by molar-refractivity contribution is 0.0998. The van der Waals surface area contributed by atoms with Crippen LogP contribution in [-0.4, -0.2) is 35.7 Å². The van der Waals surface area contributed by atoms with Gasteiger partial charge in [-0.15, -0.1) is 0 Å². The summed E-state index contributed by atoms with van der Waals surface area (Å²) in [4.78, 5) is 2.52. The molecule has 1 aliphatic rings. The Morgan fingerprint density at radius 1 is 1.45 bits per heavy atom. The van der Waals surface area contributed by atoms with Gasteiger partial charge in [0.2, 0.25) is 0 Å². The van der Waals surface area contributed by atoms with Crippen LogP contribution in [0.1, 0.15) is 46.1 Å². The highest BCUT2D eigenvalue weighted by Gasteiger charge is 2.38. The normalized spacial score (nSPS) is 29.2. The third kappa shape index (κ3) is 3.64. The lowest BCUT2D eigenvalue weighted by Crippen LogP contribution is -2.51. The van der Waals surface area contributed by atoms with Crippen LogP contribution in [0.2, 0.25) is 0 Å². The monoisotopic (exact) mass is 304 g/mol. The third-order valence-electron chi connectivity index (χ3n) is 5.92. The van der Waals surface area contributed by atoms with Crippen molar-refractivity contribution in [2.75, 3.05) is 19.6 Å². The second kappa shape index (κ2) is 7.01. The summed E-state index contributed by atoms with van der Waals surface area (Å²) in [6.45, 7) is 12.3. The van der Waals surface area contributed by atoms with E-state index in [0.29, 0.717) is 17.6 Å². The first-order valence-electron chi connectivity index (χ1n) is 8.64. The summed E-state index contributed by atoms with van der Waals surface area (Å²) in [5.41, 5.74) is 7.72. The van der Waals surface area contributed by atoms with Crippen molar-refractivity contribution in [1.82, 2.24) is 4.90 Å². The van der Waals surface area contributed by atoms with Crippen molar-refractivity contribution in [3.63, 3.8) is 0 Å². The zero-order valence-electron chi connectivity index (χ0n) is 14.5. The van der Waals surface area contributed by atoms with Gasteiger partial charge in [-0.25, -0.2) is 0 Å². The number of benzene rings is 1. The molecule has 0 amide bonds. The van der Waals surface area contributed by atoms with Crippen molar-refractivity contribution in [3.8, 4) is 5.75 Å². The van der Waals surface area contributed by atoms with Crippen molar-refractivity contribution >= 4 is 0 Å². The van der Waals surface area contributed by atoms with Crippen molar-refractivity contribution in [1.29, 1.82) is 0 Å². The maximum atomic E-state index is 9.78. The van der Waals surface area contributed by atoms with Crippen molar-refractivity contribution in [2.24, 2.45) is 17.6 Å². The molecule has 0 spiro atoms. The van der Waals surface area contributed by atoms with Crippen LogP contribution in [0.3, 0.4) is 0 Å². The Morgan fingerprint density at radius 2 is 2.18 bits per heavy atom. The number of piperidine rings is 1. The predicted octanol–water partition coefficient (Wildman–Crippen LogP) is 3.37. The molecule has 1 fully saturated rings. The average molecular weight is 304 g/mol. The van der Waals surface area contributed by atoms with Crippen LogP contribution in [0.5, 0.6) is 5.75 Å². The molecule has 0 unspecified atom stereocenters. The molecule has 1 saturated heterocycles. The molecule has 1 aromatic carbocycles. The van der Waals surface area contributed by atoms with Gasteiger partial charge in [-0.05, 0) is 47.9 Å². The van der Waals surface area contributed by atoms with Crippen LogP contribution in [0.15, 0.2) is 24.3 Å². The number of nitrogens with zero attached hydrogens (tertiary/aromatic N) is 1. The molecule has 0 aromatic heterocycles. The van der Waals surface area contributed by atoms with Gasteiger partial charge in [-0.1, -0.05) is 46.2 Å². The van der Waals surface area contributed by atoms with Crippen LogP contribution in [0, 0.1) is 11.8 Å². The first-order valence-corrected chi connectivity index (χ1v) is 8.64. The molecule has 22 heavy (non-hydrogen) atoms. The molecule has 3 heteroatoms. The summed E-state index contributed by atoms with van der Waals surface area (Å²) >= 11 is 0. The van der Waals surface area contributed by atoms with Gasteiger partial charge in [0.15, 0.2) is 0 Å². The second-order valence-electron chi connectivity index (χ2n) is 7.43. The largest absolute Gasteiger partial charge is 0.508 e. The summed E-state index contributed by atoms with van der Waals surface area (Å²) in [6, 6.07) is 8.04. The summed E-state index contributed by atoms with van der Waals surface area (Å²) in [6.07, 6.45) is 2.26. The Kier molecular flexibility index (Phi) is 5.51. The lowest BCUT2D eigenvalue weighted by Gasteiger charge is -2.46. The zero-order valence-corrected chi connectivity index (χ0v) is 14.5. The van der Waals surface area contributed by atoms with Crippen LogP contribution in [-0.2, 0) is 5.41 Å². The molecular weight excluding hydrogens is 272 g/mol. The van der Waals surface area contributed by atoms with E-state index in [-0.39, 0.29) is 11.5 Å². The van der Waals surface area contributed by atoms with Gasteiger partial charge in [0, 0.05) is 19.1 Å². The summed E-state index contributed by atoms with van der Waals surface area (Å²) in [5, 5.41) is 9.78. The SMILES string of the molecule is CC[C@H](C)[C@H](N)CN1CC[C@@](C)(c2cccc(O)c2)[C@@H](C)C1. The number of nitrogens with two attached hydrogens (primary N) is 1. The molecule has 1 heterocycles. The van der Waals surface area contributed by atoms with E-state index in [4.69, 9.17) is 5.73 Å². The van der Waals surface area contributed by atoms with E-state index in [1.54, 1.807) is 6.07 Å². The molecule has 0 aliphatic carbocycles. The highest BCUT2D eigenvalue weighted by atomic mass is 16.3. The number of phenols is 1. The Bertz CT molecular complexity index is 490. The van der Waals surface area contributed by atoms with Gasteiger partial charge in [-0.3, -0.25) is 0 Å². The van der Waals surface area contributed by atoms with Crippen LogP contribution in [0.4, 0.5) is 0 Å². The maximum Gasteiger partial charge on any atom is 0.115 e. The molecule has 124 valence electrons. The van der Waals surface area contributed by atoms with E-state index in [9.17, 15) is 5.11 Å². The first kappa shape index (κ1) is 17.3. The Labute approximate surface area is 135 Å². The molecule has 1 aliphatic heterocycles. The highest BCUT2D eigenvalue weighted by molar-refractivity contribution is 5.33. The number of phenolic OH excluding ortho intramolecular Hbond substituents is 1. The maximum absolute atomic E-state index is 9.78. The number of hydrogen-bond donors (Lipinski definition) is 2. The molecule has 3 nitrogen and oxygen atoms in total. The fourth-order valence-electron chi connectivity index (χ4n) is 3.55. The number of rotatable bonds is 5. The Morgan fingerprint density at radius 3 is 2.77 bits per heavy atom. The van der Waals surface area contributed by atoms with Crippen molar-refractivity contribution in [2.45, 2.75) is 52.0 Å². The topological polar surface area (TPSA) is 49.5 Å². The van der Waals surface area contributed by atoms with Gasteiger partial charge in [0.05, 0.1) is 0 Å². The highest BCUT2D eigenvalue weighted by Crippen LogP contribution is 2.40. The molecule has 0 saturated carbocycles. The smallest absolute Gasteiger partial charge is 0.115 e. The van der Waals surface area contributed by atoms with Crippen molar-refractivity contribution < 1.29 is 5.11 Å². The number of likely N-dealkylation sites (tertiary alicyclic amines) is 1. The zero-order chi connectivity index (χ0) is 16.3. The van der Waals surface area contributed by atoms with Crippen LogP contribution in [0.25, 0.3) is 0 Å². The number of hydrogen-bond acceptors (Lipinski definition) is 3. The van der Waals surface area contributed by atoms with Gasteiger partial charge in [-0.2, -0.15) is 0 Å². The fraction of sp³-hybridized carbons (Fsp3) is 0.684. The predicted molar refractivity (Wildman–Crippen MR) is 93.1 cm³/mol. The first-order chi connectivity index (χ1) is 10.4. The van der Waals surface area contributed by atoms with Crippen LogP contribution >= 0.6 is 0 Å². The Hall–Kier alpha value is -1.06. The van der Waals surface area contributed by atoms with Gasteiger partial charge in [0.1, 0.15) is 5.75 Å². The van der Waals surface area contributed by atoms with Gasteiger partial charge in [0.25, 0.3) is 0 Å². The molecule has 0 bridgehead atoms. The minimum atomic E-state index is 0.135. The minimum Gasteiger partial charge on any atom is -0.508 e. The molecule has 3 N–H and O–H groups in total. The Balaban J connectivity index is 2.03. The quantitative estimate of drug-likeness (QED) is 0.877. The summed E-state index contributed by atoms with van der Waals surface area (Å²) < 4.78 is 0. The second-order valence-corrected chi connectivity index (χ2v) is 7.43. The molecule has 1 aromatic rings. The lowest BCUT2D eigenvalue weighted by atomic mass is 9.68. The van der Waals surface area contributed by atoms with E-state index in [1.165, 1.54) is 5.56 Å². The molecule has 0 radical (unpaired) electrons. The molecular formula is C19H32N2O. The van der Waals surface area contributed by atoms with E-state index in [0.717, 1.165) is 32.5 Å². The van der Waals surface area contributed by atoms with Gasteiger partial charge >= 0.3 is 0 Å². The molecule has 2 rings (SSSR count). The minimum absolute atomic E-state index is 0.135. The third-order valence-corrected chi connectivity index (χ3v) is 5.92. The van der Waals surface area contributed by atoms with Crippen molar-refractivity contribution in [3.05, 3.63) is 29.8 Å².